The summed E-state index contributed by atoms with van der Waals surface area (Å²) < 4.78 is 6.92. The summed E-state index contributed by atoms with van der Waals surface area (Å²) in [5.41, 5.74) is 0.957. The van der Waals surface area contributed by atoms with Crippen molar-refractivity contribution in [2.45, 2.75) is 51.6 Å². The van der Waals surface area contributed by atoms with Crippen molar-refractivity contribution in [3.63, 3.8) is 0 Å². The van der Waals surface area contributed by atoms with E-state index in [-0.39, 0.29) is 24.0 Å². The molecule has 1 aliphatic heterocycles. The number of benzene rings is 1. The van der Waals surface area contributed by atoms with Gasteiger partial charge in [0.05, 0.1) is 23.0 Å². The van der Waals surface area contributed by atoms with Crippen LogP contribution in [-0.4, -0.2) is 35.1 Å². The predicted molar refractivity (Wildman–Crippen MR) is 115 cm³/mol. The van der Waals surface area contributed by atoms with Gasteiger partial charge < -0.3 is 20.0 Å². The lowest BCUT2D eigenvalue weighted by atomic mass is 9.94. The van der Waals surface area contributed by atoms with Crippen molar-refractivity contribution in [1.29, 1.82) is 0 Å². The van der Waals surface area contributed by atoms with Gasteiger partial charge in [0.15, 0.2) is 5.13 Å². The smallest absolute Gasteiger partial charge is 0.315 e. The number of piperidine rings is 1. The van der Waals surface area contributed by atoms with Crippen LogP contribution in [-0.2, 0) is 12.0 Å². The van der Waals surface area contributed by atoms with Gasteiger partial charge in [0.25, 0.3) is 0 Å². The number of carbonyl (C=O) groups is 1. The minimum absolute atomic E-state index is 0.0925. The van der Waals surface area contributed by atoms with Crippen molar-refractivity contribution in [2.75, 3.05) is 18.0 Å². The molecule has 2 aromatic heterocycles. The maximum Gasteiger partial charge on any atom is 0.315 e. The Balaban J connectivity index is 1.24. The topological polar surface area (TPSA) is 83.3 Å². The van der Waals surface area contributed by atoms with E-state index in [0.29, 0.717) is 5.89 Å². The summed E-state index contributed by atoms with van der Waals surface area (Å²) in [4.78, 5) is 23.5. The van der Waals surface area contributed by atoms with Crippen molar-refractivity contribution < 1.29 is 9.21 Å². The van der Waals surface area contributed by atoms with Gasteiger partial charge in [0, 0.05) is 24.5 Å². The number of hydrogen-bond acceptors (Lipinski definition) is 6. The number of hydrogen-bond donors (Lipinski definition) is 2. The Labute approximate surface area is 174 Å². The molecule has 1 fully saturated rings. The van der Waals surface area contributed by atoms with E-state index in [9.17, 15) is 4.79 Å². The molecule has 0 aliphatic carbocycles. The molecule has 2 N–H and O–H groups in total. The number of fused-ring (bicyclic) bond motifs is 1. The SMILES string of the molecule is CC(C)(C)c1cnc(CNC(=O)NC2CCN(c3nc4ccccc4s3)CC2)o1. The Hall–Kier alpha value is -2.61. The van der Waals surface area contributed by atoms with Crippen LogP contribution in [0.4, 0.5) is 9.93 Å². The number of thiazole rings is 1. The number of nitrogens with zero attached hydrogens (tertiary/aromatic N) is 3. The van der Waals surface area contributed by atoms with E-state index < -0.39 is 0 Å². The molecule has 8 heteroatoms. The summed E-state index contributed by atoms with van der Waals surface area (Å²) >= 11 is 1.73. The van der Waals surface area contributed by atoms with Gasteiger partial charge in [0.2, 0.25) is 5.89 Å². The zero-order valence-electron chi connectivity index (χ0n) is 17.1. The van der Waals surface area contributed by atoms with E-state index >= 15 is 0 Å². The molecule has 0 bridgehead atoms. The van der Waals surface area contributed by atoms with Crippen LogP contribution in [0, 0.1) is 0 Å². The molecule has 0 unspecified atom stereocenters. The molecule has 29 heavy (non-hydrogen) atoms. The minimum atomic E-state index is -0.182. The van der Waals surface area contributed by atoms with Gasteiger partial charge in [-0.05, 0) is 25.0 Å². The van der Waals surface area contributed by atoms with Crippen molar-refractivity contribution in [1.82, 2.24) is 20.6 Å². The second-order valence-electron chi connectivity index (χ2n) is 8.42. The lowest BCUT2D eigenvalue weighted by molar-refractivity contribution is 0.232. The molecule has 0 radical (unpaired) electrons. The van der Waals surface area contributed by atoms with Crippen molar-refractivity contribution >= 4 is 32.7 Å². The largest absolute Gasteiger partial charge is 0.443 e. The van der Waals surface area contributed by atoms with E-state index in [1.807, 2.05) is 18.2 Å². The van der Waals surface area contributed by atoms with Crippen molar-refractivity contribution in [2.24, 2.45) is 0 Å². The van der Waals surface area contributed by atoms with E-state index in [0.717, 1.165) is 42.3 Å². The molecule has 154 valence electrons. The van der Waals surface area contributed by atoms with Gasteiger partial charge in [0.1, 0.15) is 5.76 Å². The van der Waals surface area contributed by atoms with Gasteiger partial charge in [-0.1, -0.05) is 44.2 Å². The molecule has 7 nitrogen and oxygen atoms in total. The molecule has 4 rings (SSSR count). The summed E-state index contributed by atoms with van der Waals surface area (Å²) in [7, 11) is 0. The van der Waals surface area contributed by atoms with Gasteiger partial charge in [-0.15, -0.1) is 0 Å². The van der Waals surface area contributed by atoms with Gasteiger partial charge in [-0.2, -0.15) is 0 Å². The Kier molecular flexibility index (Phi) is 5.45. The monoisotopic (exact) mass is 413 g/mol. The highest BCUT2D eigenvalue weighted by atomic mass is 32.1. The van der Waals surface area contributed by atoms with Crippen LogP contribution in [0.25, 0.3) is 10.2 Å². The summed E-state index contributed by atoms with van der Waals surface area (Å²) in [5.74, 6) is 1.34. The van der Waals surface area contributed by atoms with Gasteiger partial charge in [-0.3, -0.25) is 0 Å². The third-order valence-electron chi connectivity index (χ3n) is 5.08. The number of urea groups is 1. The van der Waals surface area contributed by atoms with Gasteiger partial charge in [-0.25, -0.2) is 14.8 Å². The number of anilines is 1. The summed E-state index contributed by atoms with van der Waals surface area (Å²) in [6.45, 7) is 8.26. The second kappa shape index (κ2) is 8.02. The zero-order chi connectivity index (χ0) is 20.4. The van der Waals surface area contributed by atoms with E-state index in [2.05, 4.69) is 47.4 Å². The normalized spacial score (nSPS) is 15.6. The molecule has 1 saturated heterocycles. The minimum Gasteiger partial charge on any atom is -0.443 e. The lowest BCUT2D eigenvalue weighted by Gasteiger charge is -2.32. The number of nitrogens with one attached hydrogen (secondary N) is 2. The van der Waals surface area contributed by atoms with Gasteiger partial charge >= 0.3 is 6.03 Å². The molecule has 0 atom stereocenters. The molecule has 0 saturated carbocycles. The second-order valence-corrected chi connectivity index (χ2v) is 9.43. The number of carbonyl (C=O) groups excluding carboxylic acids is 1. The average Bonchev–Trinajstić information content (AvgIpc) is 3.34. The summed E-state index contributed by atoms with van der Waals surface area (Å²) in [5, 5.41) is 6.97. The Bertz CT molecular complexity index is 949. The first-order valence-electron chi connectivity index (χ1n) is 9.98. The molecule has 1 aliphatic rings. The fourth-order valence-electron chi connectivity index (χ4n) is 3.34. The third-order valence-corrected chi connectivity index (χ3v) is 6.17. The molecule has 2 amide bonds. The standard InChI is InChI=1S/C21H27N5O2S/c1-21(2,3)17-12-22-18(28-17)13-23-19(27)24-14-8-10-26(11-9-14)20-25-15-6-4-5-7-16(15)29-20/h4-7,12,14H,8-11,13H2,1-3H3,(H2,23,24,27). The maximum atomic E-state index is 12.2. The van der Waals surface area contributed by atoms with Crippen LogP contribution in [0.5, 0.6) is 0 Å². The van der Waals surface area contributed by atoms with Crippen LogP contribution >= 0.6 is 11.3 Å². The van der Waals surface area contributed by atoms with E-state index in [1.54, 1.807) is 17.5 Å². The van der Waals surface area contributed by atoms with Crippen LogP contribution in [0.15, 0.2) is 34.9 Å². The lowest BCUT2D eigenvalue weighted by Crippen LogP contribution is -2.47. The Morgan fingerprint density at radius 3 is 2.72 bits per heavy atom. The number of oxazole rings is 1. The maximum absolute atomic E-state index is 12.2. The molecule has 0 spiro atoms. The van der Waals surface area contributed by atoms with Crippen LogP contribution in [0.2, 0.25) is 0 Å². The Morgan fingerprint density at radius 1 is 1.28 bits per heavy atom. The third kappa shape index (κ3) is 4.70. The van der Waals surface area contributed by atoms with E-state index in [4.69, 9.17) is 9.40 Å². The molecular formula is C21H27N5O2S. The molecule has 3 aromatic rings. The number of aromatic nitrogens is 2. The van der Waals surface area contributed by atoms with Crippen molar-refractivity contribution in [3.05, 3.63) is 42.1 Å². The first-order chi connectivity index (χ1) is 13.9. The first-order valence-corrected chi connectivity index (χ1v) is 10.8. The van der Waals surface area contributed by atoms with Crippen molar-refractivity contribution in [3.8, 4) is 0 Å². The van der Waals surface area contributed by atoms with Crippen LogP contribution in [0.3, 0.4) is 0 Å². The fourth-order valence-corrected chi connectivity index (χ4v) is 4.36. The highest BCUT2D eigenvalue weighted by Gasteiger charge is 2.23. The zero-order valence-corrected chi connectivity index (χ0v) is 17.9. The summed E-state index contributed by atoms with van der Waals surface area (Å²) in [6, 6.07) is 8.19. The van der Waals surface area contributed by atoms with E-state index in [1.165, 1.54) is 4.70 Å². The summed E-state index contributed by atoms with van der Waals surface area (Å²) in [6.07, 6.45) is 3.53. The van der Waals surface area contributed by atoms with Crippen LogP contribution < -0.4 is 15.5 Å². The average molecular weight is 414 g/mol. The number of rotatable bonds is 4. The first kappa shape index (κ1) is 19.7. The molecule has 1 aromatic carbocycles. The highest BCUT2D eigenvalue weighted by Crippen LogP contribution is 2.30. The predicted octanol–water partition coefficient (Wildman–Crippen LogP) is 4.05. The molecular weight excluding hydrogens is 386 g/mol. The number of para-hydroxylation sites is 1. The highest BCUT2D eigenvalue weighted by molar-refractivity contribution is 7.22. The molecule has 3 heterocycles. The number of amides is 2. The van der Waals surface area contributed by atoms with Crippen LogP contribution in [0.1, 0.15) is 45.3 Å². The fraction of sp³-hybridized carbons (Fsp3) is 0.476. The Morgan fingerprint density at radius 2 is 2.03 bits per heavy atom. The quantitative estimate of drug-likeness (QED) is 0.674.